The summed E-state index contributed by atoms with van der Waals surface area (Å²) < 4.78 is 5.33. The van der Waals surface area contributed by atoms with Crippen LogP contribution in [-0.4, -0.2) is 11.1 Å². The highest BCUT2D eigenvalue weighted by molar-refractivity contribution is 5.70. The van der Waals surface area contributed by atoms with E-state index in [2.05, 4.69) is 24.3 Å². The highest BCUT2D eigenvalue weighted by Gasteiger charge is 2.52. The van der Waals surface area contributed by atoms with Crippen molar-refractivity contribution in [1.82, 2.24) is 0 Å². The van der Waals surface area contributed by atoms with Gasteiger partial charge in [-0.05, 0) is 79.3 Å². The summed E-state index contributed by atoms with van der Waals surface area (Å²) in [7, 11) is 0. The first-order valence-corrected chi connectivity index (χ1v) is 9.50. The third-order valence-corrected chi connectivity index (χ3v) is 6.50. The standard InChI is InChI=1S/C23H26O3/c1-14-10-18(6-8-21(14)25)23(13-17-4-5-20(23)12-17)19-7-9-22(15(2)11-19)26-16(3)24/h6-11,17,20,25H,4-5,12-13H2,1-3H3. The molecule has 2 aliphatic rings. The van der Waals surface area contributed by atoms with Crippen LogP contribution in [0.4, 0.5) is 0 Å². The van der Waals surface area contributed by atoms with E-state index in [1.807, 2.05) is 26.0 Å². The van der Waals surface area contributed by atoms with E-state index < -0.39 is 0 Å². The molecule has 136 valence electrons. The van der Waals surface area contributed by atoms with Crippen LogP contribution in [0.5, 0.6) is 11.5 Å². The summed E-state index contributed by atoms with van der Waals surface area (Å²) >= 11 is 0. The maximum absolute atomic E-state index is 11.3. The molecule has 0 aliphatic heterocycles. The molecule has 0 saturated heterocycles. The van der Waals surface area contributed by atoms with E-state index in [0.717, 1.165) is 23.5 Å². The second kappa shape index (κ2) is 6.15. The van der Waals surface area contributed by atoms with Crippen molar-refractivity contribution >= 4 is 5.97 Å². The third-order valence-electron chi connectivity index (χ3n) is 6.50. The number of aromatic hydroxyl groups is 1. The van der Waals surface area contributed by atoms with E-state index in [-0.39, 0.29) is 11.4 Å². The van der Waals surface area contributed by atoms with Gasteiger partial charge in [0.2, 0.25) is 0 Å². The molecular weight excluding hydrogens is 324 g/mol. The Bertz CT molecular complexity index is 870. The first kappa shape index (κ1) is 17.1. The molecule has 2 saturated carbocycles. The van der Waals surface area contributed by atoms with Crippen molar-refractivity contribution in [2.75, 3.05) is 0 Å². The Balaban J connectivity index is 1.83. The molecule has 0 amide bonds. The van der Waals surface area contributed by atoms with Gasteiger partial charge in [-0.15, -0.1) is 0 Å². The Morgan fingerprint density at radius 3 is 2.31 bits per heavy atom. The van der Waals surface area contributed by atoms with E-state index >= 15 is 0 Å². The summed E-state index contributed by atoms with van der Waals surface area (Å²) in [5.74, 6) is 2.12. The number of phenols is 1. The molecule has 2 aromatic carbocycles. The van der Waals surface area contributed by atoms with Crippen LogP contribution in [0.15, 0.2) is 36.4 Å². The van der Waals surface area contributed by atoms with Gasteiger partial charge < -0.3 is 9.84 Å². The average Bonchev–Trinajstić information content (AvgIpc) is 3.20. The Kier molecular flexibility index (Phi) is 4.06. The maximum atomic E-state index is 11.3. The number of hydrogen-bond acceptors (Lipinski definition) is 3. The van der Waals surface area contributed by atoms with Gasteiger partial charge in [-0.3, -0.25) is 4.79 Å². The van der Waals surface area contributed by atoms with Crippen LogP contribution < -0.4 is 4.74 Å². The van der Waals surface area contributed by atoms with Crippen molar-refractivity contribution in [2.24, 2.45) is 11.8 Å². The lowest BCUT2D eigenvalue weighted by atomic mass is 9.64. The number of aryl methyl sites for hydroxylation is 2. The number of esters is 1. The molecule has 3 atom stereocenters. The summed E-state index contributed by atoms with van der Waals surface area (Å²) in [5.41, 5.74) is 4.54. The molecule has 0 spiro atoms. The van der Waals surface area contributed by atoms with Crippen molar-refractivity contribution in [3.8, 4) is 11.5 Å². The first-order valence-electron chi connectivity index (χ1n) is 9.50. The summed E-state index contributed by atoms with van der Waals surface area (Å²) in [6, 6.07) is 12.4. The quantitative estimate of drug-likeness (QED) is 0.623. The number of fused-ring (bicyclic) bond motifs is 2. The van der Waals surface area contributed by atoms with Gasteiger partial charge in [-0.1, -0.05) is 30.7 Å². The van der Waals surface area contributed by atoms with Crippen molar-refractivity contribution < 1.29 is 14.6 Å². The molecule has 3 nitrogen and oxygen atoms in total. The maximum Gasteiger partial charge on any atom is 0.308 e. The molecule has 2 aromatic rings. The first-order chi connectivity index (χ1) is 12.4. The average molecular weight is 350 g/mol. The van der Waals surface area contributed by atoms with Gasteiger partial charge in [-0.2, -0.15) is 0 Å². The number of benzene rings is 2. The van der Waals surface area contributed by atoms with Gasteiger partial charge in [0.1, 0.15) is 11.5 Å². The molecule has 2 bridgehead atoms. The number of ether oxygens (including phenoxy) is 1. The van der Waals surface area contributed by atoms with Crippen LogP contribution in [0, 0.1) is 25.7 Å². The summed E-state index contributed by atoms with van der Waals surface area (Å²) in [6.07, 6.45) is 5.03. The van der Waals surface area contributed by atoms with E-state index in [1.165, 1.54) is 37.3 Å². The Morgan fingerprint density at radius 2 is 1.77 bits per heavy atom. The second-order valence-electron chi connectivity index (χ2n) is 8.13. The van der Waals surface area contributed by atoms with Crippen LogP contribution in [0.2, 0.25) is 0 Å². The van der Waals surface area contributed by atoms with E-state index in [9.17, 15) is 9.90 Å². The van der Waals surface area contributed by atoms with Gasteiger partial charge in [0.15, 0.2) is 0 Å². The zero-order valence-electron chi connectivity index (χ0n) is 15.7. The molecule has 4 rings (SSSR count). The van der Waals surface area contributed by atoms with Crippen LogP contribution in [0.1, 0.15) is 54.9 Å². The predicted octanol–water partition coefficient (Wildman–Crippen LogP) is 5.04. The SMILES string of the molecule is CC(=O)Oc1ccc(C2(c3ccc(O)c(C)c3)CC3CCC2C3)cc1C. The highest BCUT2D eigenvalue weighted by atomic mass is 16.5. The Morgan fingerprint density at radius 1 is 1.08 bits per heavy atom. The van der Waals surface area contributed by atoms with Crippen LogP contribution in [-0.2, 0) is 10.2 Å². The second-order valence-corrected chi connectivity index (χ2v) is 8.13. The van der Waals surface area contributed by atoms with Gasteiger partial charge in [0, 0.05) is 12.3 Å². The van der Waals surface area contributed by atoms with E-state index in [4.69, 9.17) is 4.74 Å². The van der Waals surface area contributed by atoms with Gasteiger partial charge in [0.05, 0.1) is 0 Å². The minimum Gasteiger partial charge on any atom is -0.508 e. The lowest BCUT2D eigenvalue weighted by Crippen LogP contribution is -2.34. The number of phenolic OH excluding ortho intramolecular Hbond substituents is 1. The van der Waals surface area contributed by atoms with Crippen molar-refractivity contribution in [1.29, 1.82) is 0 Å². The van der Waals surface area contributed by atoms with Gasteiger partial charge in [-0.25, -0.2) is 0 Å². The summed E-state index contributed by atoms with van der Waals surface area (Å²) in [4.78, 5) is 11.3. The minimum absolute atomic E-state index is 0.000883. The topological polar surface area (TPSA) is 46.5 Å². The van der Waals surface area contributed by atoms with Crippen molar-refractivity contribution in [3.63, 3.8) is 0 Å². The number of carbonyl (C=O) groups excluding carboxylic acids is 1. The van der Waals surface area contributed by atoms with Gasteiger partial charge >= 0.3 is 5.97 Å². The summed E-state index contributed by atoms with van der Waals surface area (Å²) in [6.45, 7) is 5.41. The third kappa shape index (κ3) is 2.61. The van der Waals surface area contributed by atoms with E-state index in [1.54, 1.807) is 0 Å². The zero-order valence-corrected chi connectivity index (χ0v) is 15.7. The fraction of sp³-hybridized carbons (Fsp3) is 0.435. The van der Waals surface area contributed by atoms with Crippen LogP contribution in [0.25, 0.3) is 0 Å². The summed E-state index contributed by atoms with van der Waals surface area (Å²) in [5, 5.41) is 9.99. The number of hydrogen-bond donors (Lipinski definition) is 1. The molecular formula is C23H26O3. The lowest BCUT2D eigenvalue weighted by molar-refractivity contribution is -0.131. The molecule has 0 heterocycles. The number of rotatable bonds is 3. The Hall–Kier alpha value is -2.29. The van der Waals surface area contributed by atoms with Crippen molar-refractivity contribution in [2.45, 2.75) is 51.9 Å². The smallest absolute Gasteiger partial charge is 0.308 e. The molecule has 0 aromatic heterocycles. The molecule has 3 heteroatoms. The van der Waals surface area contributed by atoms with Gasteiger partial charge in [0.25, 0.3) is 0 Å². The molecule has 0 radical (unpaired) electrons. The fourth-order valence-corrected chi connectivity index (χ4v) is 5.33. The highest BCUT2D eigenvalue weighted by Crippen LogP contribution is 2.60. The fourth-order valence-electron chi connectivity index (χ4n) is 5.33. The normalized spacial score (nSPS) is 26.9. The monoisotopic (exact) mass is 350 g/mol. The molecule has 26 heavy (non-hydrogen) atoms. The largest absolute Gasteiger partial charge is 0.508 e. The molecule has 2 fully saturated rings. The lowest BCUT2D eigenvalue weighted by Gasteiger charge is -2.39. The zero-order chi connectivity index (χ0) is 18.5. The molecule has 2 aliphatic carbocycles. The Labute approximate surface area is 155 Å². The number of carbonyl (C=O) groups is 1. The molecule has 3 unspecified atom stereocenters. The van der Waals surface area contributed by atoms with Crippen LogP contribution >= 0.6 is 0 Å². The minimum atomic E-state index is -0.287. The van der Waals surface area contributed by atoms with Crippen LogP contribution in [0.3, 0.4) is 0 Å². The molecule has 1 N–H and O–H groups in total. The van der Waals surface area contributed by atoms with Crippen molar-refractivity contribution in [3.05, 3.63) is 58.7 Å². The van der Waals surface area contributed by atoms with E-state index in [0.29, 0.717) is 17.4 Å². The predicted molar refractivity (Wildman–Crippen MR) is 102 cm³/mol.